The number of hydrogen-bond donors (Lipinski definition) is 1. The monoisotopic (exact) mass is 456 g/mol. The summed E-state index contributed by atoms with van der Waals surface area (Å²) < 4.78 is 15.1. The van der Waals surface area contributed by atoms with Gasteiger partial charge in [0, 0.05) is 32.1 Å². The van der Waals surface area contributed by atoms with Gasteiger partial charge in [-0.1, -0.05) is 26.0 Å². The van der Waals surface area contributed by atoms with Crippen molar-refractivity contribution in [3.63, 3.8) is 0 Å². The van der Waals surface area contributed by atoms with E-state index >= 15 is 0 Å². The van der Waals surface area contributed by atoms with Crippen LogP contribution in [0.3, 0.4) is 0 Å². The van der Waals surface area contributed by atoms with E-state index in [4.69, 9.17) is 0 Å². The Hall–Kier alpha value is -3.07. The summed E-state index contributed by atoms with van der Waals surface area (Å²) in [6.45, 7) is 6.14. The Balaban J connectivity index is 1.70. The molecule has 0 radical (unpaired) electrons. The molecule has 8 nitrogen and oxygen atoms in total. The number of fused-ring (bicyclic) bond motifs is 1. The molecule has 1 N–H and O–H groups in total. The number of amides is 2. The average molecular weight is 457 g/mol. The fourth-order valence-electron chi connectivity index (χ4n) is 3.90. The number of benzene rings is 1. The third kappa shape index (κ3) is 6.95. The van der Waals surface area contributed by atoms with Gasteiger partial charge in [-0.15, -0.1) is 10.2 Å². The molecule has 1 aliphatic heterocycles. The average Bonchev–Trinajstić information content (AvgIpc) is 3.03. The van der Waals surface area contributed by atoms with Crippen molar-refractivity contribution in [2.75, 3.05) is 33.7 Å². The minimum Gasteiger partial charge on any atom is -0.345 e. The number of hydrogen-bond acceptors (Lipinski definition) is 5. The van der Waals surface area contributed by atoms with E-state index in [9.17, 15) is 14.0 Å². The van der Waals surface area contributed by atoms with Gasteiger partial charge in [0.2, 0.25) is 11.8 Å². The Kier molecular flexibility index (Phi) is 8.32. The summed E-state index contributed by atoms with van der Waals surface area (Å²) in [6.07, 6.45) is 4.55. The fourth-order valence-corrected chi connectivity index (χ4v) is 3.90. The summed E-state index contributed by atoms with van der Waals surface area (Å²) in [4.78, 5) is 28.8. The molecule has 178 valence electrons. The predicted octanol–water partition coefficient (Wildman–Crippen LogP) is 2.28. The summed E-state index contributed by atoms with van der Waals surface area (Å²) in [7, 11) is 3.71. The van der Waals surface area contributed by atoms with Crippen molar-refractivity contribution in [1.29, 1.82) is 0 Å². The number of nitrogens with one attached hydrogen (secondary N) is 1. The van der Waals surface area contributed by atoms with E-state index in [-0.39, 0.29) is 23.7 Å². The molecule has 1 aliphatic rings. The molecular formula is C24H33FN6O2. The van der Waals surface area contributed by atoms with Gasteiger partial charge in [-0.3, -0.25) is 9.59 Å². The van der Waals surface area contributed by atoms with Crippen LogP contribution in [-0.4, -0.2) is 70.1 Å². The van der Waals surface area contributed by atoms with Gasteiger partial charge in [0.05, 0.1) is 12.6 Å². The van der Waals surface area contributed by atoms with Crippen molar-refractivity contribution in [3.8, 4) is 0 Å². The number of aromatic nitrogens is 3. The fraction of sp³-hybridized carbons (Fsp3) is 0.500. The Morgan fingerprint density at radius 1 is 1.15 bits per heavy atom. The second kappa shape index (κ2) is 11.2. The number of likely N-dealkylation sites (N-methyl/N-ethyl adjacent to an activating group) is 1. The second-order valence-corrected chi connectivity index (χ2v) is 9.07. The number of rotatable bonds is 8. The topological polar surface area (TPSA) is 83.4 Å². The van der Waals surface area contributed by atoms with Gasteiger partial charge in [0.25, 0.3) is 0 Å². The first-order chi connectivity index (χ1) is 15.7. The van der Waals surface area contributed by atoms with E-state index < -0.39 is 0 Å². The molecule has 1 aromatic carbocycles. The second-order valence-electron chi connectivity index (χ2n) is 9.07. The number of halogens is 1. The van der Waals surface area contributed by atoms with Crippen LogP contribution in [0, 0.1) is 11.7 Å². The molecule has 3 rings (SSSR count). The molecule has 2 amide bonds. The first-order valence-electron chi connectivity index (χ1n) is 11.3. The Morgan fingerprint density at radius 2 is 1.88 bits per heavy atom. The molecular weight excluding hydrogens is 423 g/mol. The lowest BCUT2D eigenvalue weighted by Crippen LogP contribution is -2.37. The standard InChI is InChI=1S/C24H33FN6O2/c1-17(2)15-20(26-22(32)16-29(3)4)24-28-27-21-11-12-30(13-14-31(21)24)23(33)10-7-18-5-8-19(25)9-6-18/h5-10,17,20H,11-16H2,1-4H3,(H,26,32)/b10-7+/t20-/m1/s1. The van der Waals surface area contributed by atoms with Crippen LogP contribution in [0.1, 0.15) is 43.5 Å². The zero-order chi connectivity index (χ0) is 24.0. The predicted molar refractivity (Wildman–Crippen MR) is 125 cm³/mol. The highest BCUT2D eigenvalue weighted by atomic mass is 19.1. The third-order valence-electron chi connectivity index (χ3n) is 5.47. The maximum Gasteiger partial charge on any atom is 0.246 e. The van der Waals surface area contributed by atoms with E-state index in [1.807, 2.05) is 23.6 Å². The van der Waals surface area contributed by atoms with Crippen LogP contribution in [-0.2, 0) is 22.6 Å². The normalized spacial score (nSPS) is 15.1. The van der Waals surface area contributed by atoms with Gasteiger partial charge < -0.3 is 19.7 Å². The van der Waals surface area contributed by atoms with Crippen LogP contribution >= 0.6 is 0 Å². The van der Waals surface area contributed by atoms with E-state index in [0.29, 0.717) is 38.5 Å². The van der Waals surface area contributed by atoms with Crippen molar-refractivity contribution >= 4 is 17.9 Å². The van der Waals surface area contributed by atoms with Crippen LogP contribution in [0.2, 0.25) is 0 Å². The van der Waals surface area contributed by atoms with Gasteiger partial charge in [-0.25, -0.2) is 4.39 Å². The molecule has 0 saturated carbocycles. The molecule has 33 heavy (non-hydrogen) atoms. The number of carbonyl (C=O) groups excluding carboxylic acids is 2. The highest BCUT2D eigenvalue weighted by Crippen LogP contribution is 2.22. The maximum absolute atomic E-state index is 13.1. The lowest BCUT2D eigenvalue weighted by atomic mass is 10.0. The minimum atomic E-state index is -0.307. The Morgan fingerprint density at radius 3 is 2.55 bits per heavy atom. The quantitative estimate of drug-likeness (QED) is 0.617. The number of nitrogens with zero attached hydrogens (tertiary/aromatic N) is 5. The lowest BCUT2D eigenvalue weighted by Gasteiger charge is -2.22. The van der Waals surface area contributed by atoms with Crippen LogP contribution in [0.25, 0.3) is 6.08 Å². The van der Waals surface area contributed by atoms with Gasteiger partial charge in [-0.05, 0) is 50.2 Å². The van der Waals surface area contributed by atoms with Crippen molar-refractivity contribution in [2.45, 2.75) is 39.3 Å². The maximum atomic E-state index is 13.1. The highest BCUT2D eigenvalue weighted by molar-refractivity contribution is 5.91. The van der Waals surface area contributed by atoms with Crippen molar-refractivity contribution in [2.24, 2.45) is 5.92 Å². The largest absolute Gasteiger partial charge is 0.345 e. The molecule has 2 heterocycles. The number of carbonyl (C=O) groups is 2. The smallest absolute Gasteiger partial charge is 0.246 e. The summed E-state index contributed by atoms with van der Waals surface area (Å²) in [5.41, 5.74) is 0.768. The van der Waals surface area contributed by atoms with Crippen molar-refractivity contribution in [1.82, 2.24) is 29.9 Å². The lowest BCUT2D eigenvalue weighted by molar-refractivity contribution is -0.126. The first kappa shape index (κ1) is 24.6. The summed E-state index contributed by atoms with van der Waals surface area (Å²) in [5.74, 6) is 1.46. The SMILES string of the molecule is CC(C)C[C@@H](NC(=O)CN(C)C)c1nnc2n1CCN(C(=O)/C=C/c1ccc(F)cc1)CC2. The molecule has 1 atom stereocenters. The van der Waals surface area contributed by atoms with E-state index in [1.165, 1.54) is 18.2 Å². The van der Waals surface area contributed by atoms with E-state index in [0.717, 1.165) is 23.6 Å². The Bertz CT molecular complexity index is 983. The molecule has 1 aromatic heterocycles. The van der Waals surface area contributed by atoms with Crippen molar-refractivity contribution < 1.29 is 14.0 Å². The van der Waals surface area contributed by atoms with Crippen LogP contribution in [0.4, 0.5) is 4.39 Å². The van der Waals surface area contributed by atoms with Gasteiger partial charge in [0.15, 0.2) is 5.82 Å². The summed E-state index contributed by atoms with van der Waals surface area (Å²) in [6, 6.07) is 5.77. The van der Waals surface area contributed by atoms with Crippen molar-refractivity contribution in [3.05, 3.63) is 53.4 Å². The Labute approximate surface area is 194 Å². The molecule has 0 aliphatic carbocycles. The molecule has 0 spiro atoms. The minimum absolute atomic E-state index is 0.0562. The molecule has 0 saturated heterocycles. The van der Waals surface area contributed by atoms with E-state index in [1.54, 1.807) is 23.1 Å². The molecule has 0 bridgehead atoms. The molecule has 0 unspecified atom stereocenters. The van der Waals surface area contributed by atoms with Crippen LogP contribution < -0.4 is 5.32 Å². The zero-order valence-electron chi connectivity index (χ0n) is 19.8. The molecule has 9 heteroatoms. The van der Waals surface area contributed by atoms with Gasteiger partial charge in [0.1, 0.15) is 11.6 Å². The highest BCUT2D eigenvalue weighted by Gasteiger charge is 2.26. The first-order valence-corrected chi connectivity index (χ1v) is 11.3. The zero-order valence-corrected chi connectivity index (χ0v) is 19.8. The van der Waals surface area contributed by atoms with E-state index in [2.05, 4.69) is 29.4 Å². The van der Waals surface area contributed by atoms with Gasteiger partial charge in [-0.2, -0.15) is 0 Å². The summed E-state index contributed by atoms with van der Waals surface area (Å²) >= 11 is 0. The van der Waals surface area contributed by atoms with Crippen LogP contribution in [0.15, 0.2) is 30.3 Å². The third-order valence-corrected chi connectivity index (χ3v) is 5.47. The van der Waals surface area contributed by atoms with Gasteiger partial charge >= 0.3 is 0 Å². The molecule has 0 fully saturated rings. The van der Waals surface area contributed by atoms with Crippen LogP contribution in [0.5, 0.6) is 0 Å². The summed E-state index contributed by atoms with van der Waals surface area (Å²) in [5, 5.41) is 11.9. The molecule has 2 aromatic rings.